The highest BCUT2D eigenvalue weighted by Gasteiger charge is 2.53. The van der Waals surface area contributed by atoms with Crippen LogP contribution in [-0.4, -0.2) is 31.1 Å². The van der Waals surface area contributed by atoms with E-state index in [0.717, 1.165) is 23.7 Å². The SMILES string of the molecule is O=C(C(I)CI)N1C(=O)C2CCCC21. The Bertz CT molecular complexity index is 282. The summed E-state index contributed by atoms with van der Waals surface area (Å²) in [4.78, 5) is 24.9. The predicted molar refractivity (Wildman–Crippen MR) is 69.7 cm³/mol. The quantitative estimate of drug-likeness (QED) is 0.389. The number of carbonyl (C=O) groups excluding carboxylic acids is 2. The first-order chi connectivity index (χ1) is 6.66. The molecule has 0 bridgehead atoms. The molecule has 0 aromatic rings. The maximum Gasteiger partial charge on any atom is 0.243 e. The van der Waals surface area contributed by atoms with Crippen LogP contribution >= 0.6 is 45.2 Å². The van der Waals surface area contributed by atoms with E-state index in [4.69, 9.17) is 0 Å². The van der Waals surface area contributed by atoms with Crippen molar-refractivity contribution in [3.8, 4) is 0 Å². The normalized spacial score (nSPS) is 32.4. The van der Waals surface area contributed by atoms with E-state index in [1.54, 1.807) is 0 Å². The lowest BCUT2D eigenvalue weighted by atomic mass is 9.90. The number of hydrogen-bond donors (Lipinski definition) is 0. The van der Waals surface area contributed by atoms with Crippen molar-refractivity contribution in [2.75, 3.05) is 4.43 Å². The van der Waals surface area contributed by atoms with Gasteiger partial charge in [0.05, 0.1) is 15.9 Å². The summed E-state index contributed by atoms with van der Waals surface area (Å²) in [5, 5.41) is 0. The summed E-state index contributed by atoms with van der Waals surface area (Å²) in [6.45, 7) is 0. The van der Waals surface area contributed by atoms with E-state index < -0.39 is 0 Å². The average molecular weight is 419 g/mol. The Hall–Kier alpha value is 0.600. The zero-order valence-corrected chi connectivity index (χ0v) is 11.9. The summed E-state index contributed by atoms with van der Waals surface area (Å²) in [5.74, 6) is 0.272. The number of likely N-dealkylation sites (tertiary alicyclic amines) is 1. The molecule has 2 rings (SSSR count). The number of amides is 2. The van der Waals surface area contributed by atoms with Gasteiger partial charge in [-0.3, -0.25) is 14.5 Å². The molecule has 2 amide bonds. The van der Waals surface area contributed by atoms with Gasteiger partial charge in [0.1, 0.15) is 0 Å². The Labute approximate surface area is 110 Å². The fourth-order valence-electron chi connectivity index (χ4n) is 2.29. The third-order valence-corrected chi connectivity index (χ3v) is 6.55. The molecule has 0 aromatic heterocycles. The van der Waals surface area contributed by atoms with Crippen molar-refractivity contribution in [1.29, 1.82) is 0 Å². The molecule has 2 fully saturated rings. The first-order valence-electron chi connectivity index (χ1n) is 4.73. The highest BCUT2D eigenvalue weighted by molar-refractivity contribution is 14.1. The van der Waals surface area contributed by atoms with Crippen molar-refractivity contribution < 1.29 is 9.59 Å². The number of nitrogens with zero attached hydrogens (tertiary/aromatic N) is 1. The Balaban J connectivity index is 2.05. The summed E-state index contributed by atoms with van der Waals surface area (Å²) < 4.78 is 0.733. The van der Waals surface area contributed by atoms with E-state index in [0.29, 0.717) is 0 Å². The van der Waals surface area contributed by atoms with Crippen LogP contribution in [0.25, 0.3) is 0 Å². The van der Waals surface area contributed by atoms with Gasteiger partial charge in [-0.05, 0) is 12.8 Å². The molecule has 0 N–H and O–H groups in total. The smallest absolute Gasteiger partial charge is 0.243 e. The molecule has 0 radical (unpaired) electrons. The minimum Gasteiger partial charge on any atom is -0.277 e. The van der Waals surface area contributed by atoms with Gasteiger partial charge in [0.25, 0.3) is 0 Å². The van der Waals surface area contributed by atoms with Gasteiger partial charge in [-0.25, -0.2) is 0 Å². The van der Waals surface area contributed by atoms with Crippen molar-refractivity contribution in [1.82, 2.24) is 4.90 Å². The zero-order chi connectivity index (χ0) is 10.3. The summed E-state index contributed by atoms with van der Waals surface area (Å²) in [6, 6.07) is 0.246. The fourth-order valence-corrected chi connectivity index (χ4v) is 2.96. The molecule has 0 aromatic carbocycles. The highest BCUT2D eigenvalue weighted by atomic mass is 127. The van der Waals surface area contributed by atoms with Gasteiger partial charge in [0.15, 0.2) is 0 Å². The number of hydrogen-bond acceptors (Lipinski definition) is 2. The van der Waals surface area contributed by atoms with Crippen molar-refractivity contribution in [2.24, 2.45) is 5.92 Å². The second kappa shape index (κ2) is 4.23. The standard InChI is InChI=1S/C9H11I2NO2/c10-4-6(11)9(14)12-7-3-1-2-5(7)8(12)13/h5-7H,1-4H2. The van der Waals surface area contributed by atoms with Gasteiger partial charge >= 0.3 is 0 Å². The minimum atomic E-state index is -0.0429. The molecule has 5 heteroatoms. The van der Waals surface area contributed by atoms with Crippen molar-refractivity contribution in [3.63, 3.8) is 0 Å². The third-order valence-electron chi connectivity index (χ3n) is 3.01. The number of β-lactam (4-membered cyclic amide) rings is 1. The molecular weight excluding hydrogens is 408 g/mol. The lowest BCUT2D eigenvalue weighted by molar-refractivity contribution is -0.163. The van der Waals surface area contributed by atoms with Crippen LogP contribution in [-0.2, 0) is 9.59 Å². The lowest BCUT2D eigenvalue weighted by Crippen LogP contribution is -2.62. The highest BCUT2D eigenvalue weighted by Crippen LogP contribution is 2.40. The first kappa shape index (κ1) is 11.1. The molecule has 2 aliphatic rings. The summed E-state index contributed by atoms with van der Waals surface area (Å²) >= 11 is 4.30. The Morgan fingerprint density at radius 2 is 2.29 bits per heavy atom. The number of imide groups is 1. The van der Waals surface area contributed by atoms with E-state index in [1.807, 2.05) is 0 Å². The molecule has 1 aliphatic heterocycles. The van der Waals surface area contributed by atoms with Crippen LogP contribution in [0.5, 0.6) is 0 Å². The molecule has 14 heavy (non-hydrogen) atoms. The van der Waals surface area contributed by atoms with E-state index in [9.17, 15) is 9.59 Å². The minimum absolute atomic E-state index is 0.0214. The maximum atomic E-state index is 11.8. The van der Waals surface area contributed by atoms with Gasteiger partial charge in [-0.1, -0.05) is 51.6 Å². The van der Waals surface area contributed by atoms with Crippen LogP contribution in [0, 0.1) is 5.92 Å². The molecule has 0 spiro atoms. The van der Waals surface area contributed by atoms with Gasteiger partial charge in [0.2, 0.25) is 11.8 Å². The molecule has 3 unspecified atom stereocenters. The van der Waals surface area contributed by atoms with Crippen LogP contribution in [0.2, 0.25) is 0 Å². The topological polar surface area (TPSA) is 37.4 Å². The second-order valence-corrected chi connectivity index (χ2v) is 6.16. The second-order valence-electron chi connectivity index (χ2n) is 3.77. The Morgan fingerprint density at radius 3 is 2.93 bits per heavy atom. The van der Waals surface area contributed by atoms with Gasteiger partial charge in [0, 0.05) is 4.43 Å². The maximum absolute atomic E-state index is 11.8. The van der Waals surface area contributed by atoms with Crippen LogP contribution < -0.4 is 0 Å². The molecule has 78 valence electrons. The number of halogens is 2. The fraction of sp³-hybridized carbons (Fsp3) is 0.778. The van der Waals surface area contributed by atoms with Gasteiger partial charge in [-0.2, -0.15) is 0 Å². The molecule has 1 heterocycles. The average Bonchev–Trinajstić information content (AvgIpc) is 2.60. The summed E-state index contributed by atoms with van der Waals surface area (Å²) in [7, 11) is 0. The predicted octanol–water partition coefficient (Wildman–Crippen LogP) is 1.76. The van der Waals surface area contributed by atoms with E-state index in [2.05, 4.69) is 45.2 Å². The monoisotopic (exact) mass is 419 g/mol. The van der Waals surface area contributed by atoms with E-state index in [1.165, 1.54) is 4.90 Å². The Morgan fingerprint density at radius 1 is 1.57 bits per heavy atom. The van der Waals surface area contributed by atoms with Crippen molar-refractivity contribution in [2.45, 2.75) is 29.2 Å². The molecule has 1 saturated carbocycles. The number of fused-ring (bicyclic) bond motifs is 1. The zero-order valence-electron chi connectivity index (χ0n) is 7.58. The molecule has 1 aliphatic carbocycles. The summed E-state index contributed by atoms with van der Waals surface area (Å²) in [5.41, 5.74) is 0. The van der Waals surface area contributed by atoms with E-state index >= 15 is 0 Å². The van der Waals surface area contributed by atoms with Crippen LogP contribution in [0.1, 0.15) is 19.3 Å². The first-order valence-corrected chi connectivity index (χ1v) is 7.51. The molecular formula is C9H11I2NO2. The molecule has 3 atom stereocenters. The van der Waals surface area contributed by atoms with Crippen LogP contribution in [0.15, 0.2) is 0 Å². The lowest BCUT2D eigenvalue weighted by Gasteiger charge is -2.42. The van der Waals surface area contributed by atoms with Crippen LogP contribution in [0.4, 0.5) is 0 Å². The Kier molecular flexibility index (Phi) is 3.35. The largest absolute Gasteiger partial charge is 0.277 e. The number of rotatable bonds is 2. The number of alkyl halides is 2. The van der Waals surface area contributed by atoms with Crippen molar-refractivity contribution in [3.05, 3.63) is 0 Å². The van der Waals surface area contributed by atoms with E-state index in [-0.39, 0.29) is 27.7 Å². The van der Waals surface area contributed by atoms with Crippen molar-refractivity contribution >= 4 is 57.0 Å². The third kappa shape index (κ3) is 1.60. The molecule has 1 saturated heterocycles. The summed E-state index contributed by atoms with van der Waals surface area (Å²) in [6.07, 6.45) is 3.11. The van der Waals surface area contributed by atoms with Gasteiger partial charge in [-0.15, -0.1) is 0 Å². The molecule has 3 nitrogen and oxygen atoms in total. The van der Waals surface area contributed by atoms with Crippen LogP contribution in [0.3, 0.4) is 0 Å². The number of carbonyl (C=O) groups is 2. The van der Waals surface area contributed by atoms with Gasteiger partial charge < -0.3 is 0 Å².